The van der Waals surface area contributed by atoms with Crippen LogP contribution >= 0.6 is 23.1 Å². The van der Waals surface area contributed by atoms with Crippen LogP contribution in [0.1, 0.15) is 16.1 Å². The molecule has 0 fully saturated rings. The summed E-state index contributed by atoms with van der Waals surface area (Å²) in [5.41, 5.74) is 7.84. The van der Waals surface area contributed by atoms with Gasteiger partial charge in [0.1, 0.15) is 10.6 Å². The van der Waals surface area contributed by atoms with E-state index in [0.717, 1.165) is 15.8 Å². The number of thiophene rings is 1. The number of thioether (sulfide) groups is 1. The Morgan fingerprint density at radius 1 is 1.39 bits per heavy atom. The molecule has 0 aliphatic rings. The average Bonchev–Trinajstić information content (AvgIpc) is 3.01. The predicted molar refractivity (Wildman–Crippen MR) is 91.9 cm³/mol. The Bertz CT molecular complexity index is 887. The lowest BCUT2D eigenvalue weighted by atomic mass is 10.2. The molecule has 0 radical (unpaired) electrons. The number of aromatic nitrogens is 3. The zero-order chi connectivity index (χ0) is 16.6. The third kappa shape index (κ3) is 3.30. The summed E-state index contributed by atoms with van der Waals surface area (Å²) >= 11 is 2.81. The van der Waals surface area contributed by atoms with Crippen molar-refractivity contribution in [1.82, 2.24) is 15.1 Å². The fourth-order valence-electron chi connectivity index (χ4n) is 2.05. The maximum Gasteiger partial charge on any atom is 0.237 e. The second-order valence-corrected chi connectivity index (χ2v) is 7.17. The SMILES string of the molecule is Cc1cc(NC(=O)CSc2nc(N)c3c(C)c(C)sc3n2)on1. The number of carbonyl (C=O) groups excluding carboxylic acids is 1. The number of anilines is 2. The van der Waals surface area contributed by atoms with Crippen LogP contribution in [-0.2, 0) is 4.79 Å². The van der Waals surface area contributed by atoms with Crippen molar-refractivity contribution in [2.45, 2.75) is 25.9 Å². The Labute approximate surface area is 140 Å². The van der Waals surface area contributed by atoms with Crippen molar-refractivity contribution >= 4 is 50.9 Å². The van der Waals surface area contributed by atoms with Crippen molar-refractivity contribution in [2.75, 3.05) is 16.8 Å². The summed E-state index contributed by atoms with van der Waals surface area (Å²) in [7, 11) is 0. The maximum absolute atomic E-state index is 11.9. The van der Waals surface area contributed by atoms with E-state index in [0.29, 0.717) is 22.6 Å². The van der Waals surface area contributed by atoms with Crippen LogP contribution in [0.5, 0.6) is 0 Å². The fraction of sp³-hybridized carbons (Fsp3) is 0.286. The molecule has 7 nitrogen and oxygen atoms in total. The van der Waals surface area contributed by atoms with Crippen molar-refractivity contribution in [3.63, 3.8) is 0 Å². The van der Waals surface area contributed by atoms with Crippen LogP contribution in [0.25, 0.3) is 10.2 Å². The van der Waals surface area contributed by atoms with Gasteiger partial charge < -0.3 is 10.3 Å². The van der Waals surface area contributed by atoms with Crippen molar-refractivity contribution in [2.24, 2.45) is 0 Å². The largest absolute Gasteiger partial charge is 0.383 e. The number of rotatable bonds is 4. The zero-order valence-corrected chi connectivity index (χ0v) is 14.5. The number of nitrogens with two attached hydrogens (primary N) is 1. The molecule has 0 spiro atoms. The summed E-state index contributed by atoms with van der Waals surface area (Å²) < 4.78 is 4.94. The van der Waals surface area contributed by atoms with Gasteiger partial charge in [0.25, 0.3) is 0 Å². The Morgan fingerprint density at radius 2 is 2.17 bits per heavy atom. The first kappa shape index (κ1) is 15.8. The van der Waals surface area contributed by atoms with Gasteiger partial charge in [0, 0.05) is 10.9 Å². The Balaban J connectivity index is 1.70. The number of hydrogen-bond donors (Lipinski definition) is 2. The van der Waals surface area contributed by atoms with Crippen LogP contribution in [0.3, 0.4) is 0 Å². The Morgan fingerprint density at radius 3 is 2.87 bits per heavy atom. The smallest absolute Gasteiger partial charge is 0.237 e. The molecular formula is C14H15N5O2S2. The van der Waals surface area contributed by atoms with Gasteiger partial charge in [-0.1, -0.05) is 16.9 Å². The van der Waals surface area contributed by atoms with Gasteiger partial charge in [-0.3, -0.25) is 10.1 Å². The van der Waals surface area contributed by atoms with Crippen LogP contribution in [0.4, 0.5) is 11.7 Å². The number of nitrogens with zero attached hydrogens (tertiary/aromatic N) is 3. The highest BCUT2D eigenvalue weighted by Crippen LogP contribution is 2.33. The maximum atomic E-state index is 11.9. The summed E-state index contributed by atoms with van der Waals surface area (Å²) in [4.78, 5) is 22.7. The third-order valence-corrected chi connectivity index (χ3v) is 5.21. The first-order valence-electron chi connectivity index (χ1n) is 6.83. The van der Waals surface area contributed by atoms with E-state index in [9.17, 15) is 4.79 Å². The molecule has 0 atom stereocenters. The zero-order valence-electron chi connectivity index (χ0n) is 12.8. The van der Waals surface area contributed by atoms with Gasteiger partial charge >= 0.3 is 0 Å². The van der Waals surface area contributed by atoms with Crippen LogP contribution in [-0.4, -0.2) is 26.8 Å². The minimum Gasteiger partial charge on any atom is -0.383 e. The Hall–Kier alpha value is -2.13. The summed E-state index contributed by atoms with van der Waals surface area (Å²) in [6.07, 6.45) is 0. The number of hydrogen-bond acceptors (Lipinski definition) is 8. The minimum atomic E-state index is -0.216. The van der Waals surface area contributed by atoms with Gasteiger partial charge in [0.2, 0.25) is 11.8 Å². The third-order valence-electron chi connectivity index (χ3n) is 3.26. The van der Waals surface area contributed by atoms with Crippen LogP contribution in [0, 0.1) is 20.8 Å². The number of nitrogens with one attached hydrogen (secondary N) is 1. The van der Waals surface area contributed by atoms with E-state index in [1.54, 1.807) is 24.3 Å². The predicted octanol–water partition coefficient (Wildman–Crippen LogP) is 2.92. The summed E-state index contributed by atoms with van der Waals surface area (Å²) in [5.74, 6) is 0.722. The molecule has 1 amide bonds. The molecule has 3 aromatic heterocycles. The molecule has 3 rings (SSSR count). The number of fused-ring (bicyclic) bond motifs is 1. The van der Waals surface area contributed by atoms with Crippen LogP contribution in [0.15, 0.2) is 15.7 Å². The molecule has 3 aromatic rings. The number of aryl methyl sites for hydroxylation is 3. The van der Waals surface area contributed by atoms with Gasteiger partial charge in [-0.15, -0.1) is 11.3 Å². The lowest BCUT2D eigenvalue weighted by molar-refractivity contribution is -0.113. The molecule has 23 heavy (non-hydrogen) atoms. The molecule has 0 saturated carbocycles. The van der Waals surface area contributed by atoms with E-state index in [1.165, 1.54) is 16.6 Å². The monoisotopic (exact) mass is 349 g/mol. The van der Waals surface area contributed by atoms with Crippen LogP contribution < -0.4 is 11.1 Å². The van der Waals surface area contributed by atoms with Crippen molar-refractivity contribution in [1.29, 1.82) is 0 Å². The number of nitrogen functional groups attached to an aromatic ring is 1. The van der Waals surface area contributed by atoms with Gasteiger partial charge in [-0.25, -0.2) is 9.97 Å². The van der Waals surface area contributed by atoms with E-state index in [-0.39, 0.29) is 11.7 Å². The number of carbonyl (C=O) groups is 1. The van der Waals surface area contributed by atoms with Gasteiger partial charge in [-0.05, 0) is 26.3 Å². The second-order valence-electron chi connectivity index (χ2n) is 5.02. The molecule has 0 saturated heterocycles. The minimum absolute atomic E-state index is 0.161. The van der Waals surface area contributed by atoms with Gasteiger partial charge in [0.05, 0.1) is 16.8 Å². The molecule has 120 valence electrons. The topological polar surface area (TPSA) is 107 Å². The molecular weight excluding hydrogens is 334 g/mol. The first-order valence-corrected chi connectivity index (χ1v) is 8.63. The fourth-order valence-corrected chi connectivity index (χ4v) is 3.80. The van der Waals surface area contributed by atoms with E-state index >= 15 is 0 Å². The number of amides is 1. The molecule has 3 heterocycles. The standard InChI is InChI=1S/C14H15N5O2S2/c1-6-4-10(21-19-6)16-9(20)5-22-14-17-12(15)11-7(2)8(3)23-13(11)18-14/h4H,5H2,1-3H3,(H,16,20)(H2,15,17,18). The lowest BCUT2D eigenvalue weighted by Crippen LogP contribution is -2.13. The normalized spacial score (nSPS) is 11.1. The van der Waals surface area contributed by atoms with E-state index in [2.05, 4.69) is 20.4 Å². The second kappa shape index (κ2) is 6.17. The van der Waals surface area contributed by atoms with Gasteiger partial charge in [-0.2, -0.15) is 0 Å². The van der Waals surface area contributed by atoms with Gasteiger partial charge in [0.15, 0.2) is 5.16 Å². The highest BCUT2D eigenvalue weighted by molar-refractivity contribution is 7.99. The molecule has 3 N–H and O–H groups in total. The highest BCUT2D eigenvalue weighted by Gasteiger charge is 2.14. The van der Waals surface area contributed by atoms with E-state index in [1.807, 2.05) is 13.8 Å². The van der Waals surface area contributed by atoms with Crippen molar-refractivity contribution < 1.29 is 9.32 Å². The van der Waals surface area contributed by atoms with Crippen LogP contribution in [0.2, 0.25) is 0 Å². The molecule has 0 aliphatic carbocycles. The summed E-state index contributed by atoms with van der Waals surface area (Å²) in [6, 6.07) is 1.65. The molecule has 0 aliphatic heterocycles. The summed E-state index contributed by atoms with van der Waals surface area (Å²) in [5, 5.41) is 7.72. The summed E-state index contributed by atoms with van der Waals surface area (Å²) in [6.45, 7) is 5.82. The average molecular weight is 349 g/mol. The van der Waals surface area contributed by atoms with Crippen molar-refractivity contribution in [3.05, 3.63) is 22.2 Å². The van der Waals surface area contributed by atoms with E-state index < -0.39 is 0 Å². The molecule has 0 aromatic carbocycles. The molecule has 0 bridgehead atoms. The first-order chi connectivity index (χ1) is 10.9. The quantitative estimate of drug-likeness (QED) is 0.551. The Kier molecular flexibility index (Phi) is 4.22. The van der Waals surface area contributed by atoms with E-state index in [4.69, 9.17) is 10.3 Å². The highest BCUT2D eigenvalue weighted by atomic mass is 32.2. The lowest BCUT2D eigenvalue weighted by Gasteiger charge is -2.03. The molecule has 0 unspecified atom stereocenters. The van der Waals surface area contributed by atoms with Crippen molar-refractivity contribution in [3.8, 4) is 0 Å². The molecule has 9 heteroatoms.